The summed E-state index contributed by atoms with van der Waals surface area (Å²) in [5.74, 6) is -1.08. The minimum atomic E-state index is -1.08. The molecule has 0 spiro atoms. The van der Waals surface area contributed by atoms with Crippen molar-refractivity contribution in [2.75, 3.05) is 20.1 Å². The van der Waals surface area contributed by atoms with E-state index >= 15 is 0 Å². The molecule has 0 aromatic heterocycles. The molecule has 0 saturated heterocycles. The van der Waals surface area contributed by atoms with Crippen molar-refractivity contribution in [2.45, 2.75) is 169 Å². The molecule has 1 unspecified atom stereocenters. The number of rotatable bonds is 24. The van der Waals surface area contributed by atoms with E-state index in [4.69, 9.17) is 9.90 Å². The van der Waals surface area contributed by atoms with Crippen LogP contribution in [0.5, 0.6) is 0 Å². The number of quaternary nitrogens is 1. The number of hydrogen-bond donors (Lipinski definition) is 1. The highest BCUT2D eigenvalue weighted by atomic mass is 16.4. The molecule has 0 saturated carbocycles. The van der Waals surface area contributed by atoms with E-state index in [0.717, 1.165) is 30.9 Å². The van der Waals surface area contributed by atoms with Crippen molar-refractivity contribution >= 4 is 5.97 Å². The number of carbonyl (C=O) groups excluding carboxylic acids is 1. The molecule has 206 valence electrons. The molecular weight excluding hydrogens is 422 g/mol. The van der Waals surface area contributed by atoms with Gasteiger partial charge in [-0.15, -0.1) is 0 Å². The van der Waals surface area contributed by atoms with E-state index in [9.17, 15) is 5.11 Å². The average Bonchev–Trinajstić information content (AvgIpc) is 2.80. The number of aliphatic hydroxyl groups excluding tert-OH is 1. The van der Waals surface area contributed by atoms with Crippen LogP contribution in [-0.4, -0.2) is 41.9 Å². The first-order valence-corrected chi connectivity index (χ1v) is 15.0. The van der Waals surface area contributed by atoms with Crippen molar-refractivity contribution < 1.29 is 19.5 Å². The standard InChI is InChI=1S/C28H60NO.C2H4O2/c1-5-8-10-12-14-16-18-20-22-24-26-29(4,28(30)7-3)27-25-23-21-19-17-15-13-11-9-6-2;1-2(3)4/h28,30H,5-27H2,1-4H3;1H3,(H,3,4)/q+1;/p-1. The van der Waals surface area contributed by atoms with Crippen molar-refractivity contribution in [2.24, 2.45) is 0 Å². The largest absolute Gasteiger partial charge is 0.550 e. The maximum atomic E-state index is 10.6. The highest BCUT2D eigenvalue weighted by molar-refractivity contribution is 5.60. The number of aliphatic carboxylic acids is 1. The van der Waals surface area contributed by atoms with E-state index in [1.54, 1.807) is 0 Å². The fraction of sp³-hybridized carbons (Fsp3) is 0.967. The SMILES string of the molecule is CC(=O)[O-].CCCCCCCCCCCC[N+](C)(CCCCCCCCCCCC)C(O)CC. The lowest BCUT2D eigenvalue weighted by molar-refractivity contribution is -0.954. The van der Waals surface area contributed by atoms with Crippen molar-refractivity contribution in [1.82, 2.24) is 0 Å². The Kier molecular flexibility index (Phi) is 28.2. The van der Waals surface area contributed by atoms with Crippen molar-refractivity contribution in [3.05, 3.63) is 0 Å². The number of unbranched alkanes of at least 4 members (excludes halogenated alkanes) is 18. The highest BCUT2D eigenvalue weighted by Crippen LogP contribution is 2.18. The van der Waals surface area contributed by atoms with Gasteiger partial charge in [-0.25, -0.2) is 0 Å². The molecule has 0 aromatic rings. The number of carboxylic acid groups (broad SMARTS) is 1. The second-order valence-electron chi connectivity index (χ2n) is 10.7. The van der Waals surface area contributed by atoms with E-state index in [-0.39, 0.29) is 6.23 Å². The van der Waals surface area contributed by atoms with Crippen LogP contribution in [0.4, 0.5) is 0 Å². The van der Waals surface area contributed by atoms with Crippen LogP contribution in [0.25, 0.3) is 0 Å². The molecule has 0 amide bonds. The minimum Gasteiger partial charge on any atom is -0.550 e. The van der Waals surface area contributed by atoms with Crippen LogP contribution in [0.3, 0.4) is 0 Å². The summed E-state index contributed by atoms with van der Waals surface area (Å²) in [4.78, 5) is 8.89. The maximum absolute atomic E-state index is 10.6. The summed E-state index contributed by atoms with van der Waals surface area (Å²) in [5, 5.41) is 19.5. The summed E-state index contributed by atoms with van der Waals surface area (Å²) >= 11 is 0. The van der Waals surface area contributed by atoms with Crippen LogP contribution in [0, 0.1) is 0 Å². The van der Waals surface area contributed by atoms with Gasteiger partial charge in [0.1, 0.15) is 0 Å². The highest BCUT2D eigenvalue weighted by Gasteiger charge is 2.28. The molecule has 0 bridgehead atoms. The molecule has 1 atom stereocenters. The van der Waals surface area contributed by atoms with Crippen LogP contribution in [0.1, 0.15) is 163 Å². The average molecular weight is 486 g/mol. The first kappa shape index (κ1) is 35.6. The van der Waals surface area contributed by atoms with E-state index in [1.165, 1.54) is 128 Å². The lowest BCUT2D eigenvalue weighted by atomic mass is 10.1. The Morgan fingerprint density at radius 3 is 1.09 bits per heavy atom. The van der Waals surface area contributed by atoms with Gasteiger partial charge in [-0.3, -0.25) is 0 Å². The van der Waals surface area contributed by atoms with Gasteiger partial charge >= 0.3 is 0 Å². The summed E-state index contributed by atoms with van der Waals surface area (Å²) in [6, 6.07) is 0. The zero-order valence-electron chi connectivity index (χ0n) is 24.1. The third-order valence-corrected chi connectivity index (χ3v) is 7.13. The van der Waals surface area contributed by atoms with Gasteiger partial charge in [-0.05, 0) is 32.6 Å². The van der Waals surface area contributed by atoms with Gasteiger partial charge in [0.15, 0.2) is 6.23 Å². The number of carbonyl (C=O) groups is 1. The Labute approximate surface area is 214 Å². The predicted molar refractivity (Wildman–Crippen MR) is 147 cm³/mol. The zero-order valence-corrected chi connectivity index (χ0v) is 24.1. The lowest BCUT2D eigenvalue weighted by Crippen LogP contribution is -2.53. The summed E-state index contributed by atoms with van der Waals surface area (Å²) in [6.07, 6.45) is 28.5. The third kappa shape index (κ3) is 26.0. The first-order valence-electron chi connectivity index (χ1n) is 15.0. The maximum Gasteiger partial charge on any atom is 0.190 e. The van der Waals surface area contributed by atoms with Crippen LogP contribution in [-0.2, 0) is 4.79 Å². The first-order chi connectivity index (χ1) is 16.3. The molecule has 4 heteroatoms. The van der Waals surface area contributed by atoms with Gasteiger partial charge in [0.2, 0.25) is 0 Å². The van der Waals surface area contributed by atoms with Gasteiger partial charge in [0, 0.05) is 12.4 Å². The van der Waals surface area contributed by atoms with E-state index < -0.39 is 5.97 Å². The minimum absolute atomic E-state index is 0.179. The van der Waals surface area contributed by atoms with E-state index in [1.807, 2.05) is 0 Å². The van der Waals surface area contributed by atoms with Gasteiger partial charge in [-0.1, -0.05) is 124 Å². The van der Waals surface area contributed by atoms with Crippen molar-refractivity contribution in [3.8, 4) is 0 Å². The molecule has 0 rings (SSSR count). The predicted octanol–water partition coefficient (Wildman–Crippen LogP) is 7.76. The van der Waals surface area contributed by atoms with Crippen molar-refractivity contribution in [1.29, 1.82) is 0 Å². The molecule has 0 aliphatic heterocycles. The van der Waals surface area contributed by atoms with Crippen LogP contribution in [0.2, 0.25) is 0 Å². The molecule has 0 heterocycles. The van der Waals surface area contributed by atoms with Gasteiger partial charge < -0.3 is 19.5 Å². The second-order valence-corrected chi connectivity index (χ2v) is 10.7. The molecule has 0 aliphatic carbocycles. The van der Waals surface area contributed by atoms with Gasteiger partial charge in [-0.2, -0.15) is 0 Å². The molecule has 0 aromatic carbocycles. The fourth-order valence-electron chi connectivity index (χ4n) is 4.77. The summed E-state index contributed by atoms with van der Waals surface area (Å²) < 4.78 is 0.879. The summed E-state index contributed by atoms with van der Waals surface area (Å²) in [5.41, 5.74) is 0. The number of hydrogen-bond acceptors (Lipinski definition) is 3. The van der Waals surface area contributed by atoms with Crippen molar-refractivity contribution in [3.63, 3.8) is 0 Å². The smallest absolute Gasteiger partial charge is 0.190 e. The molecule has 0 radical (unpaired) electrons. The summed E-state index contributed by atoms with van der Waals surface area (Å²) in [6.45, 7) is 10.0. The number of carboxylic acids is 1. The normalized spacial score (nSPS) is 12.3. The number of aliphatic hydroxyl groups is 1. The van der Waals surface area contributed by atoms with Crippen LogP contribution < -0.4 is 5.11 Å². The Balaban J connectivity index is 0. The topological polar surface area (TPSA) is 60.4 Å². The molecule has 0 fully saturated rings. The molecule has 4 nitrogen and oxygen atoms in total. The Morgan fingerprint density at radius 2 is 0.853 bits per heavy atom. The Hall–Kier alpha value is -0.610. The van der Waals surface area contributed by atoms with Gasteiger partial charge in [0.25, 0.3) is 0 Å². The van der Waals surface area contributed by atoms with Gasteiger partial charge in [0.05, 0.1) is 20.1 Å². The Bertz CT molecular complexity index is 386. The molecule has 0 aliphatic rings. The summed E-state index contributed by atoms with van der Waals surface area (Å²) in [7, 11) is 2.30. The lowest BCUT2D eigenvalue weighted by Gasteiger charge is -2.38. The van der Waals surface area contributed by atoms with E-state index in [2.05, 4.69) is 27.8 Å². The molecular formula is C30H63NO3. The molecule has 1 N–H and O–H groups in total. The van der Waals surface area contributed by atoms with E-state index in [0.29, 0.717) is 0 Å². The third-order valence-electron chi connectivity index (χ3n) is 7.13. The zero-order chi connectivity index (χ0) is 25.9. The second kappa shape index (κ2) is 27.0. The monoisotopic (exact) mass is 485 g/mol. The molecule has 34 heavy (non-hydrogen) atoms. The van der Waals surface area contributed by atoms with Crippen LogP contribution in [0.15, 0.2) is 0 Å². The quantitative estimate of drug-likeness (QED) is 0.0863. The Morgan fingerprint density at radius 1 is 0.618 bits per heavy atom. The van der Waals surface area contributed by atoms with Crippen LogP contribution >= 0.6 is 0 Å². The number of nitrogens with zero attached hydrogens (tertiary/aromatic N) is 1. The fourth-order valence-corrected chi connectivity index (χ4v) is 4.77.